The van der Waals surface area contributed by atoms with Crippen molar-refractivity contribution in [2.24, 2.45) is 0 Å². The molecule has 0 aromatic carbocycles. The van der Waals surface area contributed by atoms with Crippen LogP contribution in [0, 0.1) is 23.0 Å². The van der Waals surface area contributed by atoms with Crippen LogP contribution >= 0.6 is 0 Å². The van der Waals surface area contributed by atoms with Gasteiger partial charge in [-0.05, 0) is 0 Å². The molecule has 1 aromatic heterocycles. The number of aromatic nitrogens is 1. The van der Waals surface area contributed by atoms with Crippen molar-refractivity contribution < 1.29 is 0 Å². The molecular weight excluding hydrogens is 231 g/mol. The van der Waals surface area contributed by atoms with Gasteiger partial charge in [0.1, 0.15) is 0 Å². The van der Waals surface area contributed by atoms with Crippen LogP contribution in [0.3, 0.4) is 0 Å². The minimum absolute atomic E-state index is 0.660. The zero-order valence-corrected chi connectivity index (χ0v) is 10.9. The Morgan fingerprint density at radius 2 is 2.00 bits per heavy atom. The Labute approximate surface area is 88.3 Å². The van der Waals surface area contributed by atoms with Gasteiger partial charge in [0, 0.05) is 0 Å². The van der Waals surface area contributed by atoms with Gasteiger partial charge in [0.15, 0.2) is 0 Å². The molecule has 14 heavy (non-hydrogen) atoms. The number of hydrogen-bond acceptors (Lipinski definition) is 1. The van der Waals surface area contributed by atoms with E-state index in [2.05, 4.69) is 38.8 Å². The molecular formula is C12H13GeN. The average molecular weight is 244 g/mol. The fourth-order valence-corrected chi connectivity index (χ4v) is 1.90. The maximum absolute atomic E-state index is 5.20. The van der Waals surface area contributed by atoms with Crippen LogP contribution in [0.5, 0.6) is 0 Å². The summed E-state index contributed by atoms with van der Waals surface area (Å²) in [7, 11) is 0. The molecule has 0 aliphatic carbocycles. The van der Waals surface area contributed by atoms with Crippen molar-refractivity contribution in [1.82, 2.24) is 4.98 Å². The first-order valence-electron chi connectivity index (χ1n) is 4.47. The summed E-state index contributed by atoms with van der Waals surface area (Å²) in [5, 5.41) is 0. The van der Waals surface area contributed by atoms with E-state index >= 15 is 0 Å². The molecule has 2 heteroatoms. The van der Waals surface area contributed by atoms with Crippen LogP contribution in [-0.2, 0) is 0 Å². The topological polar surface area (TPSA) is 12.9 Å². The predicted molar refractivity (Wildman–Crippen MR) is 62.4 cm³/mol. The van der Waals surface area contributed by atoms with Crippen molar-refractivity contribution in [2.75, 3.05) is 0 Å². The van der Waals surface area contributed by atoms with Crippen molar-refractivity contribution in [3.63, 3.8) is 0 Å². The summed E-state index contributed by atoms with van der Waals surface area (Å²) in [5.74, 6) is 12.4. The predicted octanol–water partition coefficient (Wildman–Crippen LogP) is 2.29. The molecule has 70 valence electrons. The summed E-state index contributed by atoms with van der Waals surface area (Å²) < 4.78 is 3.32. The zero-order valence-electron chi connectivity index (χ0n) is 8.76. The standard InChI is InChI=1S/C12H13GeN/c1-5-12-7-6-11(10-14-12)8-9-13(2,3)4/h1,6-7,10H,2-4H3. The first kappa shape index (κ1) is 10.9. The van der Waals surface area contributed by atoms with Crippen LogP contribution in [-0.4, -0.2) is 18.3 Å². The number of hydrogen-bond donors (Lipinski definition) is 0. The first-order chi connectivity index (χ1) is 6.51. The normalized spacial score (nSPS) is 9.86. The van der Waals surface area contributed by atoms with E-state index in [1.807, 2.05) is 12.1 Å². The van der Waals surface area contributed by atoms with Crippen molar-refractivity contribution in [2.45, 2.75) is 17.3 Å². The number of nitrogens with zero attached hydrogens (tertiary/aromatic N) is 1. The van der Waals surface area contributed by atoms with Crippen molar-refractivity contribution >= 4 is 13.3 Å². The zero-order chi connectivity index (χ0) is 10.6. The van der Waals surface area contributed by atoms with Crippen LogP contribution in [0.2, 0.25) is 17.3 Å². The summed E-state index contributed by atoms with van der Waals surface area (Å²) in [5.41, 5.74) is 1.61. The van der Waals surface area contributed by atoms with Crippen molar-refractivity contribution in [3.05, 3.63) is 29.6 Å². The van der Waals surface area contributed by atoms with Crippen LogP contribution in [0.15, 0.2) is 18.3 Å². The summed E-state index contributed by atoms with van der Waals surface area (Å²) in [6, 6.07) is 3.74. The van der Waals surface area contributed by atoms with E-state index < -0.39 is 13.3 Å². The monoisotopic (exact) mass is 245 g/mol. The molecule has 1 rings (SSSR count). The molecule has 1 heterocycles. The molecule has 0 radical (unpaired) electrons. The molecule has 0 unspecified atom stereocenters. The van der Waals surface area contributed by atoms with Gasteiger partial charge in [0.2, 0.25) is 0 Å². The molecule has 1 nitrogen and oxygen atoms in total. The van der Waals surface area contributed by atoms with E-state index in [9.17, 15) is 0 Å². The summed E-state index contributed by atoms with van der Waals surface area (Å²) >= 11 is -1.75. The van der Waals surface area contributed by atoms with Crippen LogP contribution in [0.1, 0.15) is 11.3 Å². The Morgan fingerprint density at radius 3 is 2.43 bits per heavy atom. The molecule has 0 aliphatic heterocycles. The summed E-state index contributed by atoms with van der Waals surface area (Å²) in [6.45, 7) is 0. The van der Waals surface area contributed by atoms with E-state index in [1.54, 1.807) is 6.20 Å². The molecule has 0 N–H and O–H groups in total. The van der Waals surface area contributed by atoms with Crippen molar-refractivity contribution in [1.29, 1.82) is 0 Å². The third-order valence-electron chi connectivity index (χ3n) is 1.49. The molecule has 0 aliphatic rings. The Hall–Kier alpha value is -1.19. The summed E-state index contributed by atoms with van der Waals surface area (Å²) in [6.07, 6.45) is 6.94. The second-order valence-corrected chi connectivity index (χ2v) is 14.0. The quantitative estimate of drug-likeness (QED) is 0.503. The Kier molecular flexibility index (Phi) is 3.39. The SMILES string of the molecule is C#Cc1ccc(C#[C][Ge]([CH3])([CH3])[CH3])cn1. The first-order valence-corrected chi connectivity index (χ1v) is 11.8. The van der Waals surface area contributed by atoms with E-state index in [4.69, 9.17) is 6.42 Å². The fourth-order valence-electron chi connectivity index (χ4n) is 0.813. The molecule has 1 aromatic rings. The molecule has 0 bridgehead atoms. The number of pyridine rings is 1. The second-order valence-electron chi connectivity index (χ2n) is 4.08. The van der Waals surface area contributed by atoms with Crippen LogP contribution in [0.25, 0.3) is 0 Å². The van der Waals surface area contributed by atoms with Gasteiger partial charge in [-0.3, -0.25) is 0 Å². The Bertz CT molecular complexity index is 407. The molecule has 0 amide bonds. The third-order valence-corrected chi connectivity index (χ3v) is 3.33. The van der Waals surface area contributed by atoms with Crippen molar-refractivity contribution in [3.8, 4) is 23.0 Å². The Morgan fingerprint density at radius 1 is 1.29 bits per heavy atom. The summed E-state index contributed by atoms with van der Waals surface area (Å²) in [4.78, 5) is 4.08. The van der Waals surface area contributed by atoms with E-state index in [1.165, 1.54) is 0 Å². The van der Waals surface area contributed by atoms with E-state index in [0.717, 1.165) is 5.56 Å². The van der Waals surface area contributed by atoms with Gasteiger partial charge in [-0.15, -0.1) is 0 Å². The van der Waals surface area contributed by atoms with E-state index in [0.29, 0.717) is 5.69 Å². The van der Waals surface area contributed by atoms with Gasteiger partial charge < -0.3 is 0 Å². The molecule has 0 saturated heterocycles. The van der Waals surface area contributed by atoms with Crippen LogP contribution < -0.4 is 0 Å². The maximum atomic E-state index is 5.20. The average Bonchev–Trinajstić information content (AvgIpc) is 2.14. The molecule has 0 saturated carbocycles. The van der Waals surface area contributed by atoms with Gasteiger partial charge in [-0.1, -0.05) is 0 Å². The van der Waals surface area contributed by atoms with Gasteiger partial charge in [0.05, 0.1) is 0 Å². The second kappa shape index (κ2) is 4.35. The minimum atomic E-state index is -1.75. The van der Waals surface area contributed by atoms with Gasteiger partial charge in [-0.25, -0.2) is 0 Å². The molecule has 0 fully saturated rings. The van der Waals surface area contributed by atoms with E-state index in [-0.39, 0.29) is 0 Å². The van der Waals surface area contributed by atoms with Gasteiger partial charge >= 0.3 is 88.1 Å². The third kappa shape index (κ3) is 3.68. The van der Waals surface area contributed by atoms with Gasteiger partial charge in [-0.2, -0.15) is 0 Å². The number of terminal acetylenes is 1. The van der Waals surface area contributed by atoms with Gasteiger partial charge in [0.25, 0.3) is 0 Å². The Balaban J connectivity index is 2.89. The van der Waals surface area contributed by atoms with Crippen LogP contribution in [0.4, 0.5) is 0 Å². The fraction of sp³-hybridized carbons (Fsp3) is 0.250. The molecule has 0 atom stereocenters. The molecule has 0 spiro atoms. The number of rotatable bonds is 0.